The van der Waals surface area contributed by atoms with E-state index in [0.717, 1.165) is 30.1 Å². The Balaban J connectivity index is 1.66. The molecule has 9 heteroatoms. The van der Waals surface area contributed by atoms with Gasteiger partial charge in [-0.25, -0.2) is 4.39 Å². The van der Waals surface area contributed by atoms with Crippen LogP contribution < -0.4 is 10.2 Å². The zero-order valence-electron chi connectivity index (χ0n) is 14.9. The van der Waals surface area contributed by atoms with E-state index in [9.17, 15) is 28.4 Å². The highest BCUT2D eigenvalue weighted by molar-refractivity contribution is 6.23. The molecule has 0 aliphatic carbocycles. The molecule has 0 saturated carbocycles. The van der Waals surface area contributed by atoms with Crippen molar-refractivity contribution in [2.45, 2.75) is 31.7 Å². The standard InChI is InChI=1S/C19H18FN3O5/c20-13-6-11-12(7-15(13)22-5-1-2-10(8-22)9-24)19(28)23(18(11)27)14-3-4-16(25)21-17(14)26/h6-7,9-10,14H,1-5,8H2,(H,21,25,26). The molecule has 2 unspecified atom stereocenters. The number of hydrogen-bond donors (Lipinski definition) is 1. The first kappa shape index (κ1) is 18.3. The van der Waals surface area contributed by atoms with Crippen LogP contribution in [0.4, 0.5) is 10.1 Å². The van der Waals surface area contributed by atoms with Crippen LogP contribution in [0.1, 0.15) is 46.4 Å². The van der Waals surface area contributed by atoms with Gasteiger partial charge in [-0.05, 0) is 31.4 Å². The fourth-order valence-corrected chi connectivity index (χ4v) is 4.06. The Morgan fingerprint density at radius 1 is 1.07 bits per heavy atom. The summed E-state index contributed by atoms with van der Waals surface area (Å²) in [7, 11) is 0. The fourth-order valence-electron chi connectivity index (χ4n) is 4.06. The Labute approximate surface area is 159 Å². The van der Waals surface area contributed by atoms with E-state index in [2.05, 4.69) is 5.32 Å². The Kier molecular flexibility index (Phi) is 4.44. The number of nitrogens with zero attached hydrogens (tertiary/aromatic N) is 2. The smallest absolute Gasteiger partial charge is 0.262 e. The summed E-state index contributed by atoms with van der Waals surface area (Å²) in [5, 5.41) is 2.12. The van der Waals surface area contributed by atoms with Crippen molar-refractivity contribution in [3.63, 3.8) is 0 Å². The number of halogens is 1. The van der Waals surface area contributed by atoms with Crippen molar-refractivity contribution in [2.24, 2.45) is 5.92 Å². The van der Waals surface area contributed by atoms with E-state index >= 15 is 0 Å². The van der Waals surface area contributed by atoms with Crippen molar-refractivity contribution in [3.8, 4) is 0 Å². The lowest BCUT2D eigenvalue weighted by Gasteiger charge is -2.32. The van der Waals surface area contributed by atoms with E-state index < -0.39 is 35.5 Å². The van der Waals surface area contributed by atoms with Gasteiger partial charge in [0.15, 0.2) is 0 Å². The van der Waals surface area contributed by atoms with Crippen LogP contribution in [0, 0.1) is 11.7 Å². The molecule has 2 saturated heterocycles. The SMILES string of the molecule is O=CC1CCCN(c2cc3c(cc2F)C(=O)N(C2CCC(=O)NC2=O)C3=O)C1. The van der Waals surface area contributed by atoms with Gasteiger partial charge in [0.25, 0.3) is 11.8 Å². The highest BCUT2D eigenvalue weighted by atomic mass is 19.1. The summed E-state index contributed by atoms with van der Waals surface area (Å²) in [5.74, 6) is -3.46. The van der Waals surface area contributed by atoms with Crippen LogP contribution in [0.15, 0.2) is 12.1 Å². The molecular formula is C19H18FN3O5. The quantitative estimate of drug-likeness (QED) is 0.603. The summed E-state index contributed by atoms with van der Waals surface area (Å²) in [5.41, 5.74) is 0.0933. The topological polar surface area (TPSA) is 104 Å². The van der Waals surface area contributed by atoms with Crippen LogP contribution in [-0.2, 0) is 14.4 Å². The minimum absolute atomic E-state index is 0.0181. The molecule has 1 aromatic carbocycles. The first-order valence-corrected chi connectivity index (χ1v) is 9.16. The predicted octanol–water partition coefficient (Wildman–Crippen LogP) is 0.642. The van der Waals surface area contributed by atoms with Crippen LogP contribution in [0.2, 0.25) is 0 Å². The van der Waals surface area contributed by atoms with Gasteiger partial charge >= 0.3 is 0 Å². The molecule has 3 heterocycles. The molecule has 0 spiro atoms. The van der Waals surface area contributed by atoms with E-state index in [1.807, 2.05) is 0 Å². The molecule has 146 valence electrons. The number of benzene rings is 1. The molecule has 3 aliphatic rings. The number of nitrogens with one attached hydrogen (secondary N) is 1. The lowest BCUT2D eigenvalue weighted by molar-refractivity contribution is -0.136. The number of anilines is 1. The third-order valence-electron chi connectivity index (χ3n) is 5.50. The van der Waals surface area contributed by atoms with Crippen LogP contribution in [0.25, 0.3) is 0 Å². The van der Waals surface area contributed by atoms with Gasteiger partial charge in [-0.2, -0.15) is 0 Å². The predicted molar refractivity (Wildman–Crippen MR) is 94.1 cm³/mol. The second-order valence-electron chi connectivity index (χ2n) is 7.28. The molecule has 1 aromatic rings. The molecular weight excluding hydrogens is 369 g/mol. The lowest BCUT2D eigenvalue weighted by atomic mass is 9.98. The highest BCUT2D eigenvalue weighted by Gasteiger charge is 2.45. The molecule has 0 radical (unpaired) electrons. The highest BCUT2D eigenvalue weighted by Crippen LogP contribution is 2.34. The first-order valence-electron chi connectivity index (χ1n) is 9.16. The second-order valence-corrected chi connectivity index (χ2v) is 7.28. The summed E-state index contributed by atoms with van der Waals surface area (Å²) in [6.07, 6.45) is 2.35. The maximum Gasteiger partial charge on any atom is 0.262 e. The normalized spacial score (nSPS) is 25.0. The number of carbonyl (C=O) groups is 5. The van der Waals surface area contributed by atoms with Gasteiger partial charge < -0.3 is 9.69 Å². The van der Waals surface area contributed by atoms with Gasteiger partial charge in [-0.3, -0.25) is 29.4 Å². The maximum atomic E-state index is 14.7. The van der Waals surface area contributed by atoms with Crippen molar-refractivity contribution >= 4 is 35.6 Å². The number of imide groups is 2. The zero-order valence-corrected chi connectivity index (χ0v) is 14.9. The minimum atomic E-state index is -1.09. The number of fused-ring (bicyclic) bond motifs is 1. The molecule has 2 fully saturated rings. The summed E-state index contributed by atoms with van der Waals surface area (Å²) < 4.78 is 14.7. The average Bonchev–Trinajstić information content (AvgIpc) is 2.91. The first-order chi connectivity index (χ1) is 13.4. The molecule has 28 heavy (non-hydrogen) atoms. The van der Waals surface area contributed by atoms with Gasteiger partial charge in [0, 0.05) is 25.4 Å². The Morgan fingerprint density at radius 3 is 2.46 bits per heavy atom. The molecule has 0 aromatic heterocycles. The van der Waals surface area contributed by atoms with Crippen LogP contribution in [0.5, 0.6) is 0 Å². The summed E-state index contributed by atoms with van der Waals surface area (Å²) in [4.78, 5) is 62.5. The number of amides is 4. The van der Waals surface area contributed by atoms with Crippen LogP contribution in [-0.4, -0.2) is 53.9 Å². The van der Waals surface area contributed by atoms with E-state index in [0.29, 0.717) is 13.1 Å². The molecule has 4 amide bonds. The third kappa shape index (κ3) is 2.87. The largest absolute Gasteiger partial charge is 0.368 e. The lowest BCUT2D eigenvalue weighted by Crippen LogP contribution is -2.54. The monoisotopic (exact) mass is 387 g/mol. The average molecular weight is 387 g/mol. The van der Waals surface area contributed by atoms with Crippen molar-refractivity contribution in [2.75, 3.05) is 18.0 Å². The number of hydrogen-bond acceptors (Lipinski definition) is 6. The Hall–Kier alpha value is -3.10. The molecule has 0 bridgehead atoms. The van der Waals surface area contributed by atoms with Crippen molar-refractivity contribution in [1.82, 2.24) is 10.2 Å². The second kappa shape index (κ2) is 6.81. The summed E-state index contributed by atoms with van der Waals surface area (Å²) >= 11 is 0. The Bertz CT molecular complexity index is 915. The third-order valence-corrected chi connectivity index (χ3v) is 5.50. The van der Waals surface area contributed by atoms with Gasteiger partial charge in [0.2, 0.25) is 11.8 Å². The van der Waals surface area contributed by atoms with Crippen LogP contribution >= 0.6 is 0 Å². The van der Waals surface area contributed by atoms with Crippen molar-refractivity contribution < 1.29 is 28.4 Å². The van der Waals surface area contributed by atoms with Gasteiger partial charge in [0.1, 0.15) is 18.1 Å². The van der Waals surface area contributed by atoms with Crippen LogP contribution in [0.3, 0.4) is 0 Å². The minimum Gasteiger partial charge on any atom is -0.368 e. The zero-order chi connectivity index (χ0) is 20.0. The maximum absolute atomic E-state index is 14.7. The molecule has 2 atom stereocenters. The summed E-state index contributed by atoms with van der Waals surface area (Å²) in [6, 6.07) is 1.25. The molecule has 1 N–H and O–H groups in total. The molecule has 3 aliphatic heterocycles. The van der Waals surface area contributed by atoms with E-state index in [1.54, 1.807) is 4.90 Å². The molecule has 8 nitrogen and oxygen atoms in total. The van der Waals surface area contributed by atoms with Gasteiger partial charge in [-0.15, -0.1) is 0 Å². The Morgan fingerprint density at radius 2 is 1.79 bits per heavy atom. The van der Waals surface area contributed by atoms with Crippen molar-refractivity contribution in [3.05, 3.63) is 29.1 Å². The van der Waals surface area contributed by atoms with Gasteiger partial charge in [-0.1, -0.05) is 0 Å². The van der Waals surface area contributed by atoms with E-state index in [1.165, 1.54) is 6.07 Å². The van der Waals surface area contributed by atoms with E-state index in [-0.39, 0.29) is 35.6 Å². The number of piperidine rings is 2. The fraction of sp³-hybridized carbons (Fsp3) is 0.421. The number of rotatable bonds is 3. The van der Waals surface area contributed by atoms with Gasteiger partial charge in [0.05, 0.1) is 16.8 Å². The van der Waals surface area contributed by atoms with E-state index in [4.69, 9.17) is 0 Å². The molecule has 4 rings (SSSR count). The number of aldehydes is 1. The van der Waals surface area contributed by atoms with Crippen molar-refractivity contribution in [1.29, 1.82) is 0 Å². The number of carbonyl (C=O) groups excluding carboxylic acids is 5. The summed E-state index contributed by atoms with van der Waals surface area (Å²) in [6.45, 7) is 0.886.